The van der Waals surface area contributed by atoms with E-state index in [9.17, 15) is 14.4 Å². The lowest BCUT2D eigenvalue weighted by Gasteiger charge is -2.38. The molecule has 2 heterocycles. The number of anilines is 2. The van der Waals surface area contributed by atoms with E-state index in [1.807, 2.05) is 64.1 Å². The van der Waals surface area contributed by atoms with Crippen LogP contribution in [0.5, 0.6) is 0 Å². The van der Waals surface area contributed by atoms with Gasteiger partial charge in [0, 0.05) is 25.7 Å². The van der Waals surface area contributed by atoms with Gasteiger partial charge in [-0.15, -0.1) is 12.4 Å². The lowest BCUT2D eigenvalue weighted by Crippen LogP contribution is -2.58. The first kappa shape index (κ1) is 33.0. The zero-order valence-electron chi connectivity index (χ0n) is 24.5. The highest BCUT2D eigenvalue weighted by atomic mass is 35.5. The Morgan fingerprint density at radius 1 is 1.07 bits per heavy atom. The number of aromatic nitrogens is 1. The van der Waals surface area contributed by atoms with Crippen LogP contribution >= 0.6 is 12.4 Å². The first-order valence-electron chi connectivity index (χ1n) is 14.0. The third-order valence-electron chi connectivity index (χ3n) is 7.18. The molecule has 220 valence electrons. The Balaban J connectivity index is 0.00000560. The van der Waals surface area contributed by atoms with Crippen molar-refractivity contribution in [3.63, 3.8) is 0 Å². The predicted octanol–water partition coefficient (Wildman–Crippen LogP) is 3.44. The second-order valence-corrected chi connectivity index (χ2v) is 10.9. The van der Waals surface area contributed by atoms with E-state index in [0.717, 1.165) is 35.7 Å². The summed E-state index contributed by atoms with van der Waals surface area (Å²) in [4.78, 5) is 48.6. The Labute approximate surface area is 244 Å². The molecular formula is C30H45ClN6O3. The fraction of sp³-hybridized carbons (Fsp3) is 0.533. The molecule has 1 aliphatic rings. The molecule has 0 radical (unpaired) electrons. The van der Waals surface area contributed by atoms with Crippen LogP contribution in [0.1, 0.15) is 59.2 Å². The van der Waals surface area contributed by atoms with E-state index in [2.05, 4.69) is 34.4 Å². The zero-order valence-corrected chi connectivity index (χ0v) is 25.3. The molecule has 1 aromatic carbocycles. The Hall–Kier alpha value is -3.17. The Morgan fingerprint density at radius 3 is 2.35 bits per heavy atom. The molecule has 0 saturated carbocycles. The molecule has 0 fully saturated rings. The molecule has 1 aliphatic heterocycles. The molecule has 4 N–H and O–H groups in total. The minimum absolute atomic E-state index is 0. The molecule has 0 saturated heterocycles. The highest BCUT2D eigenvalue weighted by Gasteiger charge is 2.37. The lowest BCUT2D eigenvalue weighted by atomic mass is 9.94. The molecular weight excluding hydrogens is 528 g/mol. The maximum absolute atomic E-state index is 14.0. The van der Waals surface area contributed by atoms with Gasteiger partial charge in [0.25, 0.3) is 0 Å². The molecule has 3 atom stereocenters. The number of pyridine rings is 1. The average Bonchev–Trinajstić information content (AvgIpc) is 2.91. The average molecular weight is 573 g/mol. The number of amides is 3. The number of benzene rings is 1. The summed E-state index contributed by atoms with van der Waals surface area (Å²) in [5.41, 5.74) is 9.61. The number of fused-ring (bicyclic) bond motifs is 1. The first-order valence-corrected chi connectivity index (χ1v) is 14.0. The van der Waals surface area contributed by atoms with Crippen molar-refractivity contribution in [2.45, 2.75) is 79.1 Å². The number of nitrogens with two attached hydrogens (primary N) is 1. The Bertz CT molecular complexity index is 1140. The summed E-state index contributed by atoms with van der Waals surface area (Å²) in [6.07, 6.45) is 2.51. The molecule has 2 unspecified atom stereocenters. The standard InChI is InChI=1S/C30H44N6O3.ClH/c1-7-35(8-2)25-14-11-12-21-17-24(30(39)36(27(21)25)18-22-13-9-10-15-32-22)34-28(37)23(16-19(3)4)33-29(38)26(31)20(5)6;/h9-15,19-20,23-24,26H,7-8,16-18,31H2,1-6H3,(H,33,38)(H,34,37);1H/t23-,24?,26?;/m1./s1. The molecule has 0 aliphatic carbocycles. The summed E-state index contributed by atoms with van der Waals surface area (Å²) in [7, 11) is 0. The SMILES string of the molecule is CCN(CC)c1cccc2c1N(Cc1ccccn1)C(=O)C(NC(=O)[C@@H](CC(C)C)NC(=O)C(N)C(C)C)C2.Cl. The van der Waals surface area contributed by atoms with Crippen LogP contribution in [0.2, 0.25) is 0 Å². The van der Waals surface area contributed by atoms with Gasteiger partial charge in [-0.25, -0.2) is 0 Å². The number of carbonyl (C=O) groups excluding carboxylic acids is 3. The van der Waals surface area contributed by atoms with Crippen molar-refractivity contribution in [1.82, 2.24) is 15.6 Å². The van der Waals surface area contributed by atoms with Gasteiger partial charge in [0.05, 0.1) is 29.7 Å². The van der Waals surface area contributed by atoms with Crippen LogP contribution < -0.4 is 26.2 Å². The molecule has 0 spiro atoms. The van der Waals surface area contributed by atoms with Crippen molar-refractivity contribution >= 4 is 41.5 Å². The highest BCUT2D eigenvalue weighted by molar-refractivity contribution is 6.05. The van der Waals surface area contributed by atoms with Gasteiger partial charge in [-0.3, -0.25) is 19.4 Å². The van der Waals surface area contributed by atoms with E-state index >= 15 is 0 Å². The van der Waals surface area contributed by atoms with Crippen LogP contribution in [-0.2, 0) is 27.3 Å². The fourth-order valence-corrected chi connectivity index (χ4v) is 4.95. The second-order valence-electron chi connectivity index (χ2n) is 10.9. The minimum atomic E-state index is -0.789. The van der Waals surface area contributed by atoms with E-state index in [4.69, 9.17) is 5.73 Å². The lowest BCUT2D eigenvalue weighted by molar-refractivity contribution is -0.132. The topological polar surface area (TPSA) is 121 Å². The van der Waals surface area contributed by atoms with Gasteiger partial charge in [-0.05, 0) is 55.9 Å². The van der Waals surface area contributed by atoms with Crippen molar-refractivity contribution in [2.24, 2.45) is 17.6 Å². The van der Waals surface area contributed by atoms with Crippen LogP contribution in [0.15, 0.2) is 42.6 Å². The van der Waals surface area contributed by atoms with E-state index in [0.29, 0.717) is 12.8 Å². The van der Waals surface area contributed by atoms with E-state index in [1.54, 1.807) is 11.1 Å². The number of carbonyl (C=O) groups is 3. The van der Waals surface area contributed by atoms with Gasteiger partial charge in [0.2, 0.25) is 17.7 Å². The molecule has 3 amide bonds. The number of hydrogen-bond donors (Lipinski definition) is 3. The van der Waals surface area contributed by atoms with Gasteiger partial charge in [-0.1, -0.05) is 45.9 Å². The highest BCUT2D eigenvalue weighted by Crippen LogP contribution is 2.38. The quantitative estimate of drug-likeness (QED) is 0.358. The maximum Gasteiger partial charge on any atom is 0.250 e. The monoisotopic (exact) mass is 572 g/mol. The van der Waals surface area contributed by atoms with Crippen molar-refractivity contribution in [2.75, 3.05) is 22.9 Å². The number of nitrogens with zero attached hydrogens (tertiary/aromatic N) is 3. The van der Waals surface area contributed by atoms with Crippen molar-refractivity contribution in [3.05, 3.63) is 53.9 Å². The van der Waals surface area contributed by atoms with E-state index < -0.39 is 18.1 Å². The normalized spacial score (nSPS) is 16.2. The molecule has 40 heavy (non-hydrogen) atoms. The molecule has 9 nitrogen and oxygen atoms in total. The van der Waals surface area contributed by atoms with Crippen molar-refractivity contribution in [1.29, 1.82) is 0 Å². The zero-order chi connectivity index (χ0) is 28.7. The summed E-state index contributed by atoms with van der Waals surface area (Å²) in [5.74, 6) is -0.866. The molecule has 1 aromatic heterocycles. The minimum Gasteiger partial charge on any atom is -0.370 e. The van der Waals surface area contributed by atoms with Crippen LogP contribution in [-0.4, -0.2) is 53.9 Å². The fourth-order valence-electron chi connectivity index (χ4n) is 4.95. The Kier molecular flexibility index (Phi) is 12.4. The van der Waals surface area contributed by atoms with Gasteiger partial charge >= 0.3 is 0 Å². The van der Waals surface area contributed by atoms with Crippen LogP contribution in [0.25, 0.3) is 0 Å². The smallest absolute Gasteiger partial charge is 0.250 e. The number of halogens is 1. The third kappa shape index (κ3) is 7.95. The van der Waals surface area contributed by atoms with Crippen LogP contribution in [0, 0.1) is 11.8 Å². The summed E-state index contributed by atoms with van der Waals surface area (Å²) in [6, 6.07) is 9.39. The van der Waals surface area contributed by atoms with Crippen LogP contribution in [0.4, 0.5) is 11.4 Å². The summed E-state index contributed by atoms with van der Waals surface area (Å²) in [6.45, 7) is 13.8. The van der Waals surface area contributed by atoms with Gasteiger partial charge < -0.3 is 26.2 Å². The third-order valence-corrected chi connectivity index (χ3v) is 7.18. The van der Waals surface area contributed by atoms with Gasteiger partial charge in [0.15, 0.2) is 0 Å². The predicted molar refractivity (Wildman–Crippen MR) is 163 cm³/mol. The number of hydrogen-bond acceptors (Lipinski definition) is 6. The Morgan fingerprint density at radius 2 is 1.77 bits per heavy atom. The van der Waals surface area contributed by atoms with Gasteiger partial charge in [0.1, 0.15) is 12.1 Å². The molecule has 0 bridgehead atoms. The maximum atomic E-state index is 14.0. The van der Waals surface area contributed by atoms with E-state index in [1.165, 1.54) is 0 Å². The van der Waals surface area contributed by atoms with Gasteiger partial charge in [-0.2, -0.15) is 0 Å². The second kappa shape index (κ2) is 15.0. The molecule has 3 rings (SSSR count). The van der Waals surface area contributed by atoms with Crippen molar-refractivity contribution in [3.8, 4) is 0 Å². The number of nitrogens with one attached hydrogen (secondary N) is 2. The first-order chi connectivity index (χ1) is 18.6. The number of rotatable bonds is 12. The van der Waals surface area contributed by atoms with E-state index in [-0.39, 0.29) is 48.5 Å². The number of para-hydroxylation sites is 1. The van der Waals surface area contributed by atoms with Crippen LogP contribution in [0.3, 0.4) is 0 Å². The van der Waals surface area contributed by atoms with Crippen molar-refractivity contribution < 1.29 is 14.4 Å². The molecule has 10 heteroatoms. The summed E-state index contributed by atoms with van der Waals surface area (Å²) >= 11 is 0. The molecule has 2 aromatic rings. The largest absolute Gasteiger partial charge is 0.370 e. The summed E-state index contributed by atoms with van der Waals surface area (Å²) in [5, 5.41) is 5.79. The summed E-state index contributed by atoms with van der Waals surface area (Å²) < 4.78 is 0.